The minimum Gasteiger partial charge on any atom is -0.454 e. The highest BCUT2D eigenvalue weighted by atomic mass is 19.3. The number of rotatable bonds is 8. The maximum absolute atomic E-state index is 12.7. The number of esters is 1. The molecule has 0 aliphatic rings. The fourth-order valence-corrected chi connectivity index (χ4v) is 3.02. The van der Waals surface area contributed by atoms with Crippen molar-refractivity contribution in [2.45, 2.75) is 13.2 Å². The van der Waals surface area contributed by atoms with Gasteiger partial charge in [0.25, 0.3) is 5.56 Å². The number of benzene rings is 2. The van der Waals surface area contributed by atoms with Gasteiger partial charge < -0.3 is 15.2 Å². The summed E-state index contributed by atoms with van der Waals surface area (Å²) in [4.78, 5) is 49.9. The van der Waals surface area contributed by atoms with Crippen LogP contribution in [0.1, 0.15) is 26.3 Å². The Morgan fingerprint density at radius 3 is 2.27 bits per heavy atom. The number of Topliss-reactive ketones (excluding diaryl/α,β-unsaturated/α-hetero) is 1. The van der Waals surface area contributed by atoms with E-state index in [0.29, 0.717) is 5.56 Å². The zero-order chi connectivity index (χ0) is 24.1. The number of hydrogen-bond donors (Lipinski definition) is 1. The number of carbonyl (C=O) groups excluding carboxylic acids is 2. The average molecular weight is 459 g/mol. The van der Waals surface area contributed by atoms with Crippen LogP contribution >= 0.6 is 0 Å². The Bertz CT molecular complexity index is 1280. The molecule has 2 aromatic carbocycles. The molecule has 0 aliphatic heterocycles. The van der Waals surface area contributed by atoms with Crippen LogP contribution in [0.5, 0.6) is 5.75 Å². The lowest BCUT2D eigenvalue weighted by Crippen LogP contribution is -2.43. The van der Waals surface area contributed by atoms with Gasteiger partial charge in [-0.2, -0.15) is 8.78 Å². The van der Waals surface area contributed by atoms with Crippen molar-refractivity contribution in [2.75, 3.05) is 12.3 Å². The van der Waals surface area contributed by atoms with Crippen LogP contribution in [-0.2, 0) is 18.3 Å². The van der Waals surface area contributed by atoms with Gasteiger partial charge in [0, 0.05) is 7.05 Å². The number of carbonyl (C=O) groups is 2. The molecular weight excluding hydrogens is 440 g/mol. The maximum Gasteiger partial charge on any atom is 0.387 e. The van der Waals surface area contributed by atoms with Gasteiger partial charge in [-0.3, -0.25) is 18.7 Å². The van der Waals surface area contributed by atoms with Gasteiger partial charge in [0.05, 0.1) is 12.1 Å². The van der Waals surface area contributed by atoms with Crippen LogP contribution in [0.15, 0.2) is 64.2 Å². The first-order valence-corrected chi connectivity index (χ1v) is 9.57. The van der Waals surface area contributed by atoms with Crippen molar-refractivity contribution in [3.63, 3.8) is 0 Å². The summed E-state index contributed by atoms with van der Waals surface area (Å²) in [5, 5.41) is 0. The molecule has 33 heavy (non-hydrogen) atoms. The molecule has 9 nitrogen and oxygen atoms in total. The van der Waals surface area contributed by atoms with Crippen LogP contribution < -0.4 is 21.7 Å². The van der Waals surface area contributed by atoms with E-state index in [1.54, 1.807) is 30.3 Å². The molecule has 0 bridgehead atoms. The number of ether oxygens (including phenoxy) is 2. The number of nitrogens with zero attached hydrogens (tertiary/aromatic N) is 2. The van der Waals surface area contributed by atoms with E-state index in [1.165, 1.54) is 19.2 Å². The van der Waals surface area contributed by atoms with Crippen molar-refractivity contribution in [1.82, 2.24) is 9.13 Å². The Morgan fingerprint density at radius 2 is 1.67 bits per heavy atom. The summed E-state index contributed by atoms with van der Waals surface area (Å²) in [7, 11) is 1.21. The average Bonchev–Trinajstić information content (AvgIpc) is 2.80. The molecule has 2 N–H and O–H groups in total. The van der Waals surface area contributed by atoms with Gasteiger partial charge in [-0.25, -0.2) is 9.59 Å². The van der Waals surface area contributed by atoms with E-state index in [-0.39, 0.29) is 23.7 Å². The number of anilines is 1. The van der Waals surface area contributed by atoms with Crippen LogP contribution in [0, 0.1) is 0 Å². The van der Waals surface area contributed by atoms with Crippen LogP contribution in [0.25, 0.3) is 0 Å². The number of halogens is 2. The van der Waals surface area contributed by atoms with Crippen molar-refractivity contribution >= 4 is 17.6 Å². The van der Waals surface area contributed by atoms with Crippen molar-refractivity contribution in [3.05, 3.63) is 92.1 Å². The highest BCUT2D eigenvalue weighted by Gasteiger charge is 2.23. The highest BCUT2D eigenvalue weighted by Crippen LogP contribution is 2.16. The number of nitrogen functional groups attached to an aromatic ring is 1. The molecule has 0 aliphatic carbocycles. The quantitative estimate of drug-likeness (QED) is 0.403. The Labute approximate surface area is 185 Å². The minimum atomic E-state index is -3.02. The van der Waals surface area contributed by atoms with E-state index in [9.17, 15) is 28.0 Å². The summed E-state index contributed by atoms with van der Waals surface area (Å²) >= 11 is 0. The molecule has 172 valence electrons. The topological polar surface area (TPSA) is 123 Å². The molecule has 3 aromatic rings. The molecular formula is C22H19F2N3O6. The van der Waals surface area contributed by atoms with Crippen molar-refractivity contribution in [1.29, 1.82) is 0 Å². The molecule has 1 aromatic heterocycles. The predicted octanol–water partition coefficient (Wildman–Crippen LogP) is 1.82. The minimum absolute atomic E-state index is 0.0206. The van der Waals surface area contributed by atoms with E-state index in [4.69, 9.17) is 10.5 Å². The number of nitrogens with two attached hydrogens (primary N) is 1. The number of hydrogen-bond acceptors (Lipinski definition) is 7. The third-order valence-electron chi connectivity index (χ3n) is 4.70. The number of aromatic nitrogens is 2. The SMILES string of the molecule is Cn1c(=O)c(C(=O)COC(=O)c2ccc(OC(F)F)cc2)c(N)n(Cc2ccccc2)c1=O. The molecule has 1 heterocycles. The van der Waals surface area contributed by atoms with E-state index >= 15 is 0 Å². The van der Waals surface area contributed by atoms with Gasteiger partial charge in [-0.15, -0.1) is 0 Å². The monoisotopic (exact) mass is 459 g/mol. The van der Waals surface area contributed by atoms with Gasteiger partial charge >= 0.3 is 18.3 Å². The Morgan fingerprint density at radius 1 is 1.03 bits per heavy atom. The summed E-state index contributed by atoms with van der Waals surface area (Å²) in [6.45, 7) is -3.82. The normalized spacial score (nSPS) is 10.8. The summed E-state index contributed by atoms with van der Waals surface area (Å²) in [5.74, 6) is -2.34. The molecule has 11 heteroatoms. The van der Waals surface area contributed by atoms with E-state index in [1.807, 2.05) is 0 Å². The lowest BCUT2D eigenvalue weighted by Gasteiger charge is -2.14. The van der Waals surface area contributed by atoms with Crippen molar-refractivity contribution < 1.29 is 27.8 Å². The number of alkyl halides is 2. The molecule has 0 fully saturated rings. The first kappa shape index (κ1) is 23.4. The molecule has 0 atom stereocenters. The van der Waals surface area contributed by atoms with Gasteiger partial charge in [-0.05, 0) is 29.8 Å². The van der Waals surface area contributed by atoms with Gasteiger partial charge in [-0.1, -0.05) is 30.3 Å². The summed E-state index contributed by atoms with van der Waals surface area (Å²) in [5.41, 5.74) is 4.57. The van der Waals surface area contributed by atoms with Crippen LogP contribution in [0.4, 0.5) is 14.6 Å². The lowest BCUT2D eigenvalue weighted by molar-refractivity contribution is -0.0498. The second-order valence-electron chi connectivity index (χ2n) is 6.88. The fourth-order valence-electron chi connectivity index (χ4n) is 3.02. The first-order valence-electron chi connectivity index (χ1n) is 9.57. The molecule has 0 radical (unpaired) electrons. The molecule has 0 spiro atoms. The molecule has 0 saturated heterocycles. The summed E-state index contributed by atoms with van der Waals surface area (Å²) < 4.78 is 35.4. The van der Waals surface area contributed by atoms with E-state index in [2.05, 4.69) is 4.74 Å². The first-order chi connectivity index (χ1) is 15.7. The van der Waals surface area contributed by atoms with Crippen molar-refractivity contribution in [3.8, 4) is 5.75 Å². The summed E-state index contributed by atoms with van der Waals surface area (Å²) in [6, 6.07) is 13.4. The van der Waals surface area contributed by atoms with Crippen molar-refractivity contribution in [2.24, 2.45) is 7.05 Å². The fraction of sp³-hybridized carbons (Fsp3) is 0.182. The Kier molecular flexibility index (Phi) is 7.01. The largest absolute Gasteiger partial charge is 0.454 e. The lowest BCUT2D eigenvalue weighted by atomic mass is 10.1. The summed E-state index contributed by atoms with van der Waals surface area (Å²) in [6.07, 6.45) is 0. The van der Waals surface area contributed by atoms with Crippen LogP contribution in [0.3, 0.4) is 0 Å². The second-order valence-corrected chi connectivity index (χ2v) is 6.88. The molecule has 3 rings (SSSR count). The van der Waals surface area contributed by atoms with Crippen LogP contribution in [-0.4, -0.2) is 34.1 Å². The molecule has 0 amide bonds. The van der Waals surface area contributed by atoms with Gasteiger partial charge in [0.15, 0.2) is 6.61 Å². The standard InChI is InChI=1S/C22H19F2N3O6/c1-26-19(29)17(18(25)27(22(26)31)11-13-5-3-2-4-6-13)16(28)12-32-20(30)14-7-9-15(10-8-14)33-21(23)24/h2-10,21H,11-12,25H2,1H3. The Balaban J connectivity index is 1.80. The van der Waals surface area contributed by atoms with Gasteiger partial charge in [0.2, 0.25) is 5.78 Å². The van der Waals surface area contributed by atoms with Gasteiger partial charge in [0.1, 0.15) is 17.1 Å². The second kappa shape index (κ2) is 9.90. The maximum atomic E-state index is 12.7. The third kappa shape index (κ3) is 5.32. The van der Waals surface area contributed by atoms with Crippen LogP contribution in [0.2, 0.25) is 0 Å². The van der Waals surface area contributed by atoms with E-state index < -0.39 is 41.8 Å². The highest BCUT2D eigenvalue weighted by molar-refractivity contribution is 6.02. The zero-order valence-electron chi connectivity index (χ0n) is 17.4. The van der Waals surface area contributed by atoms with E-state index in [0.717, 1.165) is 21.3 Å². The third-order valence-corrected chi connectivity index (χ3v) is 4.70. The predicted molar refractivity (Wildman–Crippen MR) is 114 cm³/mol. The Hall–Kier alpha value is -4.28. The number of ketones is 1. The smallest absolute Gasteiger partial charge is 0.387 e. The molecule has 0 unspecified atom stereocenters. The zero-order valence-corrected chi connectivity index (χ0v) is 17.4. The molecule has 0 saturated carbocycles.